The summed E-state index contributed by atoms with van der Waals surface area (Å²) in [5, 5.41) is 6.27. The van der Waals surface area contributed by atoms with E-state index >= 15 is 0 Å². The molecule has 0 radical (unpaired) electrons. The summed E-state index contributed by atoms with van der Waals surface area (Å²) >= 11 is 0. The molecule has 1 saturated carbocycles. The molecule has 0 spiro atoms. The van der Waals surface area contributed by atoms with Gasteiger partial charge in [-0.15, -0.1) is 0 Å². The molecule has 1 heterocycles. The van der Waals surface area contributed by atoms with Crippen LogP contribution in [0.2, 0.25) is 0 Å². The standard InChI is InChI=1S/C12H22N2O2S/c1-8(17(2)16)6-14-12(15)11-10-5-3-4-9(10)7-13-11/h8-11,13H,3-7H2,1-2H3,(H,14,15). The fraction of sp³-hybridized carbons (Fsp3) is 0.917. The summed E-state index contributed by atoms with van der Waals surface area (Å²) in [4.78, 5) is 12.0. The number of carbonyl (C=O) groups excluding carboxylic acids is 1. The number of amides is 1. The van der Waals surface area contributed by atoms with Gasteiger partial charge in [0.05, 0.1) is 6.04 Å². The molecule has 5 unspecified atom stereocenters. The van der Waals surface area contributed by atoms with Crippen LogP contribution in [0.1, 0.15) is 26.2 Å². The molecule has 1 aliphatic carbocycles. The van der Waals surface area contributed by atoms with Gasteiger partial charge in [0.15, 0.2) is 0 Å². The summed E-state index contributed by atoms with van der Waals surface area (Å²) < 4.78 is 11.2. The van der Waals surface area contributed by atoms with E-state index in [9.17, 15) is 9.00 Å². The van der Waals surface area contributed by atoms with Gasteiger partial charge in [-0.25, -0.2) is 0 Å². The Hall–Kier alpha value is -0.420. The molecule has 1 amide bonds. The van der Waals surface area contributed by atoms with Crippen LogP contribution in [0.4, 0.5) is 0 Å². The number of carbonyl (C=O) groups is 1. The highest BCUT2D eigenvalue weighted by Crippen LogP contribution is 2.37. The third-order valence-electron chi connectivity index (χ3n) is 4.16. The van der Waals surface area contributed by atoms with Crippen LogP contribution in [0.3, 0.4) is 0 Å². The normalized spacial score (nSPS) is 35.3. The van der Waals surface area contributed by atoms with Crippen molar-refractivity contribution in [3.05, 3.63) is 0 Å². The van der Waals surface area contributed by atoms with Crippen molar-refractivity contribution in [1.29, 1.82) is 0 Å². The van der Waals surface area contributed by atoms with Crippen LogP contribution in [0, 0.1) is 11.8 Å². The van der Waals surface area contributed by atoms with Crippen molar-refractivity contribution in [3.8, 4) is 0 Å². The van der Waals surface area contributed by atoms with E-state index in [1.165, 1.54) is 19.3 Å². The molecule has 4 nitrogen and oxygen atoms in total. The van der Waals surface area contributed by atoms with Gasteiger partial charge in [-0.2, -0.15) is 0 Å². The molecule has 5 heteroatoms. The van der Waals surface area contributed by atoms with Gasteiger partial charge in [-0.1, -0.05) is 6.42 Å². The topological polar surface area (TPSA) is 58.2 Å². The Morgan fingerprint density at radius 2 is 2.29 bits per heavy atom. The molecule has 0 bridgehead atoms. The maximum atomic E-state index is 12.0. The van der Waals surface area contributed by atoms with E-state index < -0.39 is 10.8 Å². The molecule has 2 fully saturated rings. The van der Waals surface area contributed by atoms with Gasteiger partial charge in [0.2, 0.25) is 5.91 Å². The quantitative estimate of drug-likeness (QED) is 0.760. The summed E-state index contributed by atoms with van der Waals surface area (Å²) in [6.45, 7) is 3.40. The lowest BCUT2D eigenvalue weighted by Crippen LogP contribution is -2.46. The Morgan fingerprint density at radius 1 is 1.53 bits per heavy atom. The Kier molecular flexibility index (Phi) is 4.20. The van der Waals surface area contributed by atoms with Gasteiger partial charge in [0.1, 0.15) is 0 Å². The van der Waals surface area contributed by atoms with Crippen molar-refractivity contribution in [2.75, 3.05) is 19.3 Å². The maximum Gasteiger partial charge on any atom is 0.237 e. The van der Waals surface area contributed by atoms with Crippen molar-refractivity contribution >= 4 is 16.7 Å². The van der Waals surface area contributed by atoms with E-state index in [1.807, 2.05) is 6.92 Å². The van der Waals surface area contributed by atoms with Crippen LogP contribution >= 0.6 is 0 Å². The zero-order chi connectivity index (χ0) is 12.4. The summed E-state index contributed by atoms with van der Waals surface area (Å²) in [5.41, 5.74) is 0. The highest BCUT2D eigenvalue weighted by Gasteiger charge is 2.42. The molecule has 2 rings (SSSR count). The lowest BCUT2D eigenvalue weighted by molar-refractivity contribution is -0.123. The summed E-state index contributed by atoms with van der Waals surface area (Å²) in [5.74, 6) is 1.32. The van der Waals surface area contributed by atoms with Crippen molar-refractivity contribution in [2.24, 2.45) is 11.8 Å². The zero-order valence-electron chi connectivity index (χ0n) is 10.6. The summed E-state index contributed by atoms with van der Waals surface area (Å²) in [6.07, 6.45) is 5.37. The Labute approximate surface area is 105 Å². The van der Waals surface area contributed by atoms with E-state index in [4.69, 9.17) is 0 Å². The molecule has 98 valence electrons. The lowest BCUT2D eigenvalue weighted by Gasteiger charge is -2.18. The van der Waals surface area contributed by atoms with Crippen LogP contribution in [0.5, 0.6) is 0 Å². The fourth-order valence-electron chi connectivity index (χ4n) is 2.95. The van der Waals surface area contributed by atoms with Gasteiger partial charge >= 0.3 is 0 Å². The minimum Gasteiger partial charge on any atom is -0.354 e. The first kappa shape index (κ1) is 13.0. The predicted molar refractivity (Wildman–Crippen MR) is 69.2 cm³/mol. The van der Waals surface area contributed by atoms with Gasteiger partial charge in [-0.3, -0.25) is 9.00 Å². The molecule has 5 atom stereocenters. The van der Waals surface area contributed by atoms with Crippen molar-refractivity contribution in [2.45, 2.75) is 37.5 Å². The van der Waals surface area contributed by atoms with Gasteiger partial charge in [0, 0.05) is 28.9 Å². The number of hydrogen-bond acceptors (Lipinski definition) is 3. The van der Waals surface area contributed by atoms with E-state index in [1.54, 1.807) is 6.26 Å². The molecular formula is C12H22N2O2S. The summed E-state index contributed by atoms with van der Waals surface area (Å²) in [7, 11) is -0.869. The third-order valence-corrected chi connectivity index (χ3v) is 5.46. The molecule has 2 aliphatic rings. The van der Waals surface area contributed by atoms with Gasteiger partial charge < -0.3 is 10.6 Å². The average Bonchev–Trinajstić information content (AvgIpc) is 2.86. The minimum absolute atomic E-state index is 0.0139. The first-order valence-electron chi connectivity index (χ1n) is 6.43. The zero-order valence-corrected chi connectivity index (χ0v) is 11.4. The highest BCUT2D eigenvalue weighted by atomic mass is 32.2. The van der Waals surface area contributed by atoms with Crippen molar-refractivity contribution in [1.82, 2.24) is 10.6 Å². The van der Waals surface area contributed by atoms with Gasteiger partial charge in [-0.05, 0) is 38.1 Å². The molecular weight excluding hydrogens is 236 g/mol. The Morgan fingerprint density at radius 3 is 3.00 bits per heavy atom. The van der Waals surface area contributed by atoms with E-state index in [2.05, 4.69) is 10.6 Å². The van der Waals surface area contributed by atoms with Gasteiger partial charge in [0.25, 0.3) is 0 Å². The second kappa shape index (κ2) is 5.48. The second-order valence-electron chi connectivity index (χ2n) is 5.30. The highest BCUT2D eigenvalue weighted by molar-refractivity contribution is 7.84. The van der Waals surface area contributed by atoms with Crippen molar-refractivity contribution < 1.29 is 9.00 Å². The number of hydrogen-bond donors (Lipinski definition) is 2. The lowest BCUT2D eigenvalue weighted by atomic mass is 9.93. The van der Waals surface area contributed by atoms with E-state index in [-0.39, 0.29) is 17.2 Å². The van der Waals surface area contributed by atoms with E-state index in [0.29, 0.717) is 18.4 Å². The minimum atomic E-state index is -0.869. The Balaban J connectivity index is 1.82. The first-order chi connectivity index (χ1) is 8.09. The smallest absolute Gasteiger partial charge is 0.237 e. The van der Waals surface area contributed by atoms with Crippen LogP contribution in [-0.2, 0) is 15.6 Å². The largest absolute Gasteiger partial charge is 0.354 e. The molecule has 17 heavy (non-hydrogen) atoms. The Bertz CT molecular complexity index is 322. The molecule has 0 aromatic carbocycles. The fourth-order valence-corrected chi connectivity index (χ4v) is 3.26. The maximum absolute atomic E-state index is 12.0. The molecule has 0 aromatic rings. The van der Waals surface area contributed by atoms with Crippen LogP contribution in [0.25, 0.3) is 0 Å². The second-order valence-corrected chi connectivity index (χ2v) is 7.10. The van der Waals surface area contributed by atoms with Crippen molar-refractivity contribution in [3.63, 3.8) is 0 Å². The third kappa shape index (κ3) is 2.88. The van der Waals surface area contributed by atoms with Crippen LogP contribution in [-0.4, -0.2) is 40.8 Å². The number of rotatable bonds is 4. The average molecular weight is 258 g/mol. The van der Waals surface area contributed by atoms with Crippen LogP contribution < -0.4 is 10.6 Å². The van der Waals surface area contributed by atoms with E-state index in [0.717, 1.165) is 6.54 Å². The molecule has 0 aromatic heterocycles. The first-order valence-corrected chi connectivity index (χ1v) is 8.05. The van der Waals surface area contributed by atoms with Crippen LogP contribution in [0.15, 0.2) is 0 Å². The summed E-state index contributed by atoms with van der Waals surface area (Å²) in [6, 6.07) is -0.0139. The molecule has 1 aliphatic heterocycles. The SMILES string of the molecule is CC(CNC(=O)C1NCC2CCCC21)S(C)=O. The number of nitrogens with one attached hydrogen (secondary N) is 2. The molecule has 1 saturated heterocycles. The number of fused-ring (bicyclic) bond motifs is 1. The molecule has 2 N–H and O–H groups in total. The monoisotopic (exact) mass is 258 g/mol. The predicted octanol–water partition coefficient (Wildman–Crippen LogP) is 0.258.